The number of rotatable bonds is 4. The van der Waals surface area contributed by atoms with Gasteiger partial charge in [0, 0.05) is 5.69 Å². The number of ether oxygens (including phenoxy) is 1. The standard InChI is InChI=1S/C12H17NO2/c1-9(2)15-8-12(14)13-11-7-5-4-6-10(11)3/h4-7,9H,8H2,1-3H3,(H,13,14). The van der Waals surface area contributed by atoms with Crippen LogP contribution in [0.3, 0.4) is 0 Å². The fourth-order valence-corrected chi connectivity index (χ4v) is 1.14. The number of carbonyl (C=O) groups excluding carboxylic acids is 1. The van der Waals surface area contributed by atoms with Gasteiger partial charge in [-0.3, -0.25) is 4.79 Å². The van der Waals surface area contributed by atoms with Crippen molar-refractivity contribution >= 4 is 11.6 Å². The van der Waals surface area contributed by atoms with Gasteiger partial charge >= 0.3 is 0 Å². The van der Waals surface area contributed by atoms with Gasteiger partial charge in [0.1, 0.15) is 6.61 Å². The number of amides is 1. The van der Waals surface area contributed by atoms with E-state index in [1.165, 1.54) is 0 Å². The highest BCUT2D eigenvalue weighted by Gasteiger charge is 2.04. The van der Waals surface area contributed by atoms with Gasteiger partial charge in [-0.2, -0.15) is 0 Å². The average Bonchev–Trinajstić information content (AvgIpc) is 2.18. The first-order valence-corrected chi connectivity index (χ1v) is 5.06. The van der Waals surface area contributed by atoms with Gasteiger partial charge in [0.2, 0.25) is 5.91 Å². The van der Waals surface area contributed by atoms with Gasteiger partial charge in [-0.05, 0) is 32.4 Å². The number of hydrogen-bond acceptors (Lipinski definition) is 2. The molecule has 0 aromatic heterocycles. The topological polar surface area (TPSA) is 38.3 Å². The molecule has 0 aliphatic carbocycles. The van der Waals surface area contributed by atoms with Crippen molar-refractivity contribution in [3.05, 3.63) is 29.8 Å². The van der Waals surface area contributed by atoms with Crippen molar-refractivity contribution < 1.29 is 9.53 Å². The summed E-state index contributed by atoms with van der Waals surface area (Å²) in [6, 6.07) is 7.67. The van der Waals surface area contributed by atoms with Gasteiger partial charge in [-0.15, -0.1) is 0 Å². The molecule has 0 aliphatic rings. The van der Waals surface area contributed by atoms with Gasteiger partial charge in [-0.25, -0.2) is 0 Å². The summed E-state index contributed by atoms with van der Waals surface area (Å²) in [5.74, 6) is -0.113. The summed E-state index contributed by atoms with van der Waals surface area (Å²) in [7, 11) is 0. The Morgan fingerprint density at radius 3 is 2.67 bits per heavy atom. The Bertz CT molecular complexity index is 334. The van der Waals surface area contributed by atoms with Crippen LogP contribution < -0.4 is 5.32 Å². The minimum atomic E-state index is -0.113. The van der Waals surface area contributed by atoms with E-state index in [0.717, 1.165) is 11.3 Å². The first-order valence-electron chi connectivity index (χ1n) is 5.06. The van der Waals surface area contributed by atoms with Crippen LogP contribution in [0.25, 0.3) is 0 Å². The highest BCUT2D eigenvalue weighted by Crippen LogP contribution is 2.12. The molecule has 15 heavy (non-hydrogen) atoms. The minimum absolute atomic E-state index is 0.0765. The van der Waals surface area contributed by atoms with Crippen LogP contribution in [0.2, 0.25) is 0 Å². The van der Waals surface area contributed by atoms with Crippen LogP contribution in [-0.4, -0.2) is 18.6 Å². The number of aryl methyl sites for hydroxylation is 1. The molecule has 0 bridgehead atoms. The molecular weight excluding hydrogens is 190 g/mol. The third kappa shape index (κ3) is 4.13. The summed E-state index contributed by atoms with van der Waals surface area (Å²) in [5.41, 5.74) is 1.89. The molecule has 1 rings (SSSR count). The number of hydrogen-bond donors (Lipinski definition) is 1. The molecule has 0 heterocycles. The zero-order valence-corrected chi connectivity index (χ0v) is 9.41. The molecule has 3 heteroatoms. The molecule has 0 atom stereocenters. The summed E-state index contributed by atoms with van der Waals surface area (Å²) < 4.78 is 5.20. The number of carbonyl (C=O) groups is 1. The average molecular weight is 207 g/mol. The lowest BCUT2D eigenvalue weighted by molar-refractivity contribution is -0.121. The smallest absolute Gasteiger partial charge is 0.250 e. The van der Waals surface area contributed by atoms with Crippen LogP contribution in [0.1, 0.15) is 19.4 Å². The van der Waals surface area contributed by atoms with E-state index in [1.54, 1.807) is 0 Å². The zero-order chi connectivity index (χ0) is 11.3. The fraction of sp³-hybridized carbons (Fsp3) is 0.417. The summed E-state index contributed by atoms with van der Waals surface area (Å²) >= 11 is 0. The van der Waals surface area contributed by atoms with E-state index in [1.807, 2.05) is 45.0 Å². The van der Waals surface area contributed by atoms with Crippen LogP contribution in [0.15, 0.2) is 24.3 Å². The van der Waals surface area contributed by atoms with Crippen LogP contribution in [0.4, 0.5) is 5.69 Å². The molecule has 0 saturated heterocycles. The molecule has 0 fully saturated rings. The molecule has 0 unspecified atom stereocenters. The summed E-state index contributed by atoms with van der Waals surface area (Å²) in [5, 5.41) is 2.80. The Balaban J connectivity index is 2.48. The fourth-order valence-electron chi connectivity index (χ4n) is 1.14. The summed E-state index contributed by atoms with van der Waals surface area (Å²) in [4.78, 5) is 11.4. The number of para-hydroxylation sites is 1. The predicted molar refractivity (Wildman–Crippen MR) is 60.9 cm³/mol. The normalized spacial score (nSPS) is 10.4. The molecule has 1 aromatic rings. The number of nitrogens with one attached hydrogen (secondary N) is 1. The lowest BCUT2D eigenvalue weighted by Crippen LogP contribution is -2.21. The quantitative estimate of drug-likeness (QED) is 0.823. The lowest BCUT2D eigenvalue weighted by Gasteiger charge is -2.09. The van der Waals surface area contributed by atoms with E-state index in [2.05, 4.69) is 5.32 Å². The predicted octanol–water partition coefficient (Wildman–Crippen LogP) is 2.36. The van der Waals surface area contributed by atoms with Gasteiger partial charge < -0.3 is 10.1 Å². The van der Waals surface area contributed by atoms with Gasteiger partial charge in [0.05, 0.1) is 6.10 Å². The molecule has 0 aliphatic heterocycles. The Morgan fingerprint density at radius 1 is 1.40 bits per heavy atom. The van der Waals surface area contributed by atoms with Crippen molar-refractivity contribution in [1.29, 1.82) is 0 Å². The minimum Gasteiger partial charge on any atom is -0.369 e. The van der Waals surface area contributed by atoms with E-state index in [0.29, 0.717) is 0 Å². The SMILES string of the molecule is Cc1ccccc1NC(=O)COC(C)C. The number of benzene rings is 1. The lowest BCUT2D eigenvalue weighted by atomic mass is 10.2. The third-order valence-corrected chi connectivity index (χ3v) is 1.97. The van der Waals surface area contributed by atoms with Crippen LogP contribution in [0.5, 0.6) is 0 Å². The second-order valence-corrected chi connectivity index (χ2v) is 3.72. The molecular formula is C12H17NO2. The van der Waals surface area contributed by atoms with E-state index < -0.39 is 0 Å². The molecule has 0 saturated carbocycles. The molecule has 82 valence electrons. The van der Waals surface area contributed by atoms with E-state index in [4.69, 9.17) is 4.74 Å². The van der Waals surface area contributed by atoms with E-state index in [-0.39, 0.29) is 18.6 Å². The zero-order valence-electron chi connectivity index (χ0n) is 9.41. The van der Waals surface area contributed by atoms with Crippen molar-refractivity contribution in [2.24, 2.45) is 0 Å². The molecule has 1 amide bonds. The largest absolute Gasteiger partial charge is 0.369 e. The van der Waals surface area contributed by atoms with Crippen molar-refractivity contribution in [2.45, 2.75) is 26.9 Å². The van der Waals surface area contributed by atoms with Gasteiger partial charge in [-0.1, -0.05) is 18.2 Å². The van der Waals surface area contributed by atoms with Gasteiger partial charge in [0.25, 0.3) is 0 Å². The van der Waals surface area contributed by atoms with Crippen molar-refractivity contribution in [3.63, 3.8) is 0 Å². The Morgan fingerprint density at radius 2 is 2.07 bits per heavy atom. The molecule has 1 aromatic carbocycles. The summed E-state index contributed by atoms with van der Waals surface area (Å²) in [6.07, 6.45) is 0.0765. The highest BCUT2D eigenvalue weighted by molar-refractivity contribution is 5.92. The maximum absolute atomic E-state index is 11.4. The Kier molecular flexibility index (Phi) is 4.31. The second-order valence-electron chi connectivity index (χ2n) is 3.72. The first-order chi connectivity index (χ1) is 7.09. The van der Waals surface area contributed by atoms with Crippen molar-refractivity contribution in [3.8, 4) is 0 Å². The maximum Gasteiger partial charge on any atom is 0.250 e. The third-order valence-electron chi connectivity index (χ3n) is 1.97. The molecule has 0 spiro atoms. The van der Waals surface area contributed by atoms with Crippen LogP contribution in [0, 0.1) is 6.92 Å². The Labute approximate surface area is 90.4 Å². The first kappa shape index (κ1) is 11.7. The Hall–Kier alpha value is -1.35. The monoisotopic (exact) mass is 207 g/mol. The highest BCUT2D eigenvalue weighted by atomic mass is 16.5. The molecule has 1 N–H and O–H groups in total. The van der Waals surface area contributed by atoms with E-state index in [9.17, 15) is 4.79 Å². The van der Waals surface area contributed by atoms with Crippen molar-refractivity contribution in [1.82, 2.24) is 0 Å². The van der Waals surface area contributed by atoms with Crippen LogP contribution >= 0.6 is 0 Å². The molecule has 0 radical (unpaired) electrons. The maximum atomic E-state index is 11.4. The second kappa shape index (κ2) is 5.51. The van der Waals surface area contributed by atoms with Crippen LogP contribution in [-0.2, 0) is 9.53 Å². The van der Waals surface area contributed by atoms with E-state index >= 15 is 0 Å². The van der Waals surface area contributed by atoms with Crippen molar-refractivity contribution in [2.75, 3.05) is 11.9 Å². The molecule has 3 nitrogen and oxygen atoms in total. The summed E-state index contributed by atoms with van der Waals surface area (Å²) in [6.45, 7) is 5.87. The van der Waals surface area contributed by atoms with Gasteiger partial charge in [0.15, 0.2) is 0 Å². The number of anilines is 1.